The molecule has 4 bridgehead atoms. The van der Waals surface area contributed by atoms with Gasteiger partial charge >= 0.3 is 0 Å². The molecule has 7 heteroatoms. The topological polar surface area (TPSA) is 71.1 Å². The van der Waals surface area contributed by atoms with Gasteiger partial charge in [-0.2, -0.15) is 0 Å². The molecule has 4 fully saturated rings. The fourth-order valence-electron chi connectivity index (χ4n) is 6.06. The Bertz CT molecular complexity index is 921. The fraction of sp³-hybridized carbons (Fsp3) is 0.522. The summed E-state index contributed by atoms with van der Waals surface area (Å²) in [6.45, 7) is 0. The van der Waals surface area contributed by atoms with Crippen molar-refractivity contribution >= 4 is 39.9 Å². The third-order valence-electron chi connectivity index (χ3n) is 7.01. The number of hydrogen-bond acceptors (Lipinski definition) is 5. The summed E-state index contributed by atoms with van der Waals surface area (Å²) in [4.78, 5) is 30.0. The Balaban J connectivity index is 1.41. The average Bonchev–Trinajstić information content (AvgIpc) is 3.14. The van der Waals surface area contributed by atoms with E-state index in [0.717, 1.165) is 57.6 Å². The van der Waals surface area contributed by atoms with Crippen LogP contribution in [0.5, 0.6) is 0 Å². The number of nitrogens with one attached hydrogen (secondary N) is 2. The molecule has 1 aromatic carbocycles. The standard InChI is InChI=1S/C23H27N3O2S2/c1-24-18(27)13-29-22-25-19(17-5-3-2-4-6-17)20(30-22)26-21(28)23-10-14-7-15(11-23)9-16(8-14)12-23/h2-6,14-16H,7-13H2,1H3,(H,24,27)(H,26,28). The Morgan fingerprint density at radius 2 is 1.73 bits per heavy atom. The molecule has 4 aliphatic rings. The van der Waals surface area contributed by atoms with E-state index in [4.69, 9.17) is 4.98 Å². The second-order valence-electron chi connectivity index (χ2n) is 9.14. The van der Waals surface area contributed by atoms with Crippen LogP contribution in [0.1, 0.15) is 38.5 Å². The lowest BCUT2D eigenvalue weighted by molar-refractivity contribution is -0.140. The number of benzene rings is 1. The first-order valence-electron chi connectivity index (χ1n) is 10.8. The van der Waals surface area contributed by atoms with E-state index in [1.807, 2.05) is 30.3 Å². The van der Waals surface area contributed by atoms with Crippen molar-refractivity contribution in [2.75, 3.05) is 18.1 Å². The van der Waals surface area contributed by atoms with Crippen molar-refractivity contribution in [3.8, 4) is 11.3 Å². The molecule has 0 atom stereocenters. The summed E-state index contributed by atoms with van der Waals surface area (Å²) < 4.78 is 0.804. The predicted octanol–water partition coefficient (Wildman–Crippen LogP) is 4.80. The van der Waals surface area contributed by atoms with Crippen molar-refractivity contribution < 1.29 is 9.59 Å². The highest BCUT2D eigenvalue weighted by atomic mass is 32.2. The van der Waals surface area contributed by atoms with Crippen LogP contribution in [-0.2, 0) is 9.59 Å². The van der Waals surface area contributed by atoms with Crippen molar-refractivity contribution in [1.29, 1.82) is 0 Å². The van der Waals surface area contributed by atoms with Gasteiger partial charge in [0.05, 0.1) is 11.2 Å². The third-order valence-corrected chi connectivity index (χ3v) is 9.12. The average molecular weight is 442 g/mol. The summed E-state index contributed by atoms with van der Waals surface area (Å²) in [5, 5.41) is 6.74. The minimum Gasteiger partial charge on any atom is -0.358 e. The van der Waals surface area contributed by atoms with Gasteiger partial charge in [-0.15, -0.1) is 0 Å². The van der Waals surface area contributed by atoms with E-state index in [-0.39, 0.29) is 17.2 Å². The Labute approximate surface area is 185 Å². The smallest absolute Gasteiger partial charge is 0.231 e. The highest BCUT2D eigenvalue weighted by molar-refractivity contribution is 8.01. The zero-order chi connectivity index (χ0) is 20.7. The van der Waals surface area contributed by atoms with Crippen LogP contribution in [0, 0.1) is 23.2 Å². The molecule has 5 nitrogen and oxygen atoms in total. The van der Waals surface area contributed by atoms with Gasteiger partial charge in [-0.1, -0.05) is 53.4 Å². The highest BCUT2D eigenvalue weighted by Gasteiger charge is 2.54. The molecule has 1 heterocycles. The van der Waals surface area contributed by atoms with E-state index in [1.54, 1.807) is 7.05 Å². The van der Waals surface area contributed by atoms with Gasteiger partial charge in [-0.05, 0) is 56.3 Å². The summed E-state index contributed by atoms with van der Waals surface area (Å²) in [5.41, 5.74) is 1.60. The second kappa shape index (κ2) is 8.00. The molecule has 0 radical (unpaired) electrons. The number of thioether (sulfide) groups is 1. The molecule has 0 unspecified atom stereocenters. The van der Waals surface area contributed by atoms with Gasteiger partial charge in [-0.25, -0.2) is 4.98 Å². The van der Waals surface area contributed by atoms with Crippen molar-refractivity contribution in [1.82, 2.24) is 10.3 Å². The molecule has 4 saturated carbocycles. The largest absolute Gasteiger partial charge is 0.358 e. The number of anilines is 1. The van der Waals surface area contributed by atoms with Crippen LogP contribution >= 0.6 is 23.1 Å². The second-order valence-corrected chi connectivity index (χ2v) is 11.4. The minimum atomic E-state index is -0.192. The minimum absolute atomic E-state index is 0.0318. The van der Waals surface area contributed by atoms with Gasteiger partial charge in [-0.3, -0.25) is 9.59 Å². The Morgan fingerprint density at radius 3 is 2.33 bits per heavy atom. The third kappa shape index (κ3) is 3.78. The van der Waals surface area contributed by atoms with Crippen molar-refractivity contribution in [2.24, 2.45) is 23.2 Å². The Hall–Kier alpha value is -1.86. The summed E-state index contributed by atoms with van der Waals surface area (Å²) in [6.07, 6.45) is 7.10. The zero-order valence-electron chi connectivity index (χ0n) is 17.1. The number of carbonyl (C=O) groups excluding carboxylic acids is 2. The van der Waals surface area contributed by atoms with Crippen molar-refractivity contribution in [3.05, 3.63) is 30.3 Å². The van der Waals surface area contributed by atoms with E-state index in [0.29, 0.717) is 5.75 Å². The Morgan fingerprint density at radius 1 is 1.10 bits per heavy atom. The molecule has 30 heavy (non-hydrogen) atoms. The molecule has 6 rings (SSSR count). The maximum Gasteiger partial charge on any atom is 0.231 e. The van der Waals surface area contributed by atoms with Gasteiger partial charge in [0, 0.05) is 12.6 Å². The summed E-state index contributed by atoms with van der Waals surface area (Å²) in [6, 6.07) is 9.98. The Kier molecular flexibility index (Phi) is 5.35. The number of nitrogens with zero attached hydrogens (tertiary/aromatic N) is 1. The van der Waals surface area contributed by atoms with Gasteiger partial charge in [0.1, 0.15) is 10.7 Å². The van der Waals surface area contributed by atoms with Crippen LogP contribution in [0.15, 0.2) is 34.7 Å². The van der Waals surface area contributed by atoms with Crippen LogP contribution < -0.4 is 10.6 Å². The van der Waals surface area contributed by atoms with Gasteiger partial charge < -0.3 is 10.6 Å². The van der Waals surface area contributed by atoms with Gasteiger partial charge in [0.15, 0.2) is 4.34 Å². The number of amides is 2. The highest BCUT2D eigenvalue weighted by Crippen LogP contribution is 2.60. The first kappa shape index (κ1) is 20.1. The molecule has 4 aliphatic carbocycles. The monoisotopic (exact) mass is 441 g/mol. The number of rotatable bonds is 6. The normalized spacial score (nSPS) is 29.0. The molecular formula is C23H27N3O2S2. The van der Waals surface area contributed by atoms with Crippen molar-refractivity contribution in [3.63, 3.8) is 0 Å². The molecule has 158 valence electrons. The summed E-state index contributed by atoms with van der Waals surface area (Å²) in [7, 11) is 1.64. The molecule has 2 aromatic rings. The number of carbonyl (C=O) groups is 2. The molecule has 1 aromatic heterocycles. The molecule has 2 N–H and O–H groups in total. The number of thiazole rings is 1. The number of hydrogen-bond donors (Lipinski definition) is 2. The molecule has 0 aliphatic heterocycles. The molecular weight excluding hydrogens is 414 g/mol. The van der Waals surface area contributed by atoms with Crippen LogP contribution in [0.25, 0.3) is 11.3 Å². The maximum absolute atomic E-state index is 13.6. The zero-order valence-corrected chi connectivity index (χ0v) is 18.8. The lowest BCUT2D eigenvalue weighted by Gasteiger charge is -2.55. The maximum atomic E-state index is 13.6. The van der Waals surface area contributed by atoms with Gasteiger partial charge in [0.2, 0.25) is 11.8 Å². The SMILES string of the molecule is CNC(=O)CSc1nc(-c2ccccc2)c(NC(=O)C23CC4CC(CC(C4)C2)C3)s1. The molecule has 0 spiro atoms. The summed E-state index contributed by atoms with van der Waals surface area (Å²) in [5.74, 6) is 2.67. The van der Waals surface area contributed by atoms with Gasteiger partial charge in [0.25, 0.3) is 0 Å². The lowest BCUT2D eigenvalue weighted by atomic mass is 9.49. The number of aromatic nitrogens is 1. The van der Waals surface area contributed by atoms with Crippen LogP contribution in [-0.4, -0.2) is 29.6 Å². The predicted molar refractivity (Wildman–Crippen MR) is 122 cm³/mol. The van der Waals surface area contributed by atoms with E-state index >= 15 is 0 Å². The quantitative estimate of drug-likeness (QED) is 0.632. The van der Waals surface area contributed by atoms with E-state index < -0.39 is 0 Å². The first-order chi connectivity index (χ1) is 14.5. The van der Waals surface area contributed by atoms with Crippen LogP contribution in [0.4, 0.5) is 5.00 Å². The van der Waals surface area contributed by atoms with E-state index in [2.05, 4.69) is 10.6 Å². The lowest BCUT2D eigenvalue weighted by Crippen LogP contribution is -2.51. The molecule has 2 amide bonds. The van der Waals surface area contributed by atoms with E-state index in [9.17, 15) is 9.59 Å². The van der Waals surface area contributed by atoms with Crippen molar-refractivity contribution in [2.45, 2.75) is 42.9 Å². The fourth-order valence-corrected chi connectivity index (χ4v) is 8.00. The van der Waals surface area contributed by atoms with Crippen LogP contribution in [0.3, 0.4) is 0 Å². The first-order valence-corrected chi connectivity index (χ1v) is 12.6. The van der Waals surface area contributed by atoms with E-state index in [1.165, 1.54) is 42.4 Å². The van der Waals surface area contributed by atoms with Crippen LogP contribution in [0.2, 0.25) is 0 Å². The molecule has 0 saturated heterocycles. The summed E-state index contributed by atoms with van der Waals surface area (Å²) >= 11 is 2.89.